The van der Waals surface area contributed by atoms with Crippen LogP contribution in [0.1, 0.15) is 43.7 Å². The van der Waals surface area contributed by atoms with Gasteiger partial charge in [-0.3, -0.25) is 9.69 Å². The number of hydrogen-bond acceptors (Lipinski definition) is 3. The first kappa shape index (κ1) is 19.5. The monoisotopic (exact) mass is 380 g/mol. The van der Waals surface area contributed by atoms with Crippen LogP contribution in [0.3, 0.4) is 0 Å². The molecule has 4 nitrogen and oxygen atoms in total. The lowest BCUT2D eigenvalue weighted by molar-refractivity contribution is -0.127. The molecule has 4 heteroatoms. The molecule has 2 fully saturated rings. The summed E-state index contributed by atoms with van der Waals surface area (Å²) >= 11 is 0. The van der Waals surface area contributed by atoms with Gasteiger partial charge in [0, 0.05) is 25.7 Å². The normalized spacial score (nSPS) is 23.2. The molecule has 1 unspecified atom stereocenters. The standard InChI is InChI=1S/C24H32N2O2/c1-2-6-24(27)26(18-23-9-5-14-28-23)17-19-10-12-25(13-11-19)22-15-20-7-3-4-8-21(20)16-22/h3-4,7-8,19,22-23H,5,9-18H2,1H3. The molecule has 1 aromatic carbocycles. The minimum atomic E-state index is -0.0355. The molecule has 0 saturated carbocycles. The maximum absolute atomic E-state index is 12.5. The Balaban J connectivity index is 1.29. The number of rotatable bonds is 5. The van der Waals surface area contributed by atoms with Gasteiger partial charge in [-0.2, -0.15) is 0 Å². The van der Waals surface area contributed by atoms with Crippen LogP contribution in [0.15, 0.2) is 24.3 Å². The van der Waals surface area contributed by atoms with Crippen LogP contribution in [-0.4, -0.2) is 60.6 Å². The lowest BCUT2D eigenvalue weighted by atomic mass is 9.94. The molecular formula is C24H32N2O2. The lowest BCUT2D eigenvalue weighted by Gasteiger charge is -2.38. The smallest absolute Gasteiger partial charge is 0.298 e. The molecule has 0 spiro atoms. The van der Waals surface area contributed by atoms with Crippen LogP contribution in [0.4, 0.5) is 0 Å². The van der Waals surface area contributed by atoms with E-state index < -0.39 is 0 Å². The van der Waals surface area contributed by atoms with Gasteiger partial charge in [0.2, 0.25) is 0 Å². The third-order valence-electron chi connectivity index (χ3n) is 6.64. The highest BCUT2D eigenvalue weighted by atomic mass is 16.5. The number of carbonyl (C=O) groups is 1. The Morgan fingerprint density at radius 2 is 1.86 bits per heavy atom. The minimum absolute atomic E-state index is 0.0355. The fourth-order valence-electron chi connectivity index (χ4n) is 5.07. The van der Waals surface area contributed by atoms with E-state index in [4.69, 9.17) is 4.74 Å². The highest BCUT2D eigenvalue weighted by Crippen LogP contribution is 2.29. The van der Waals surface area contributed by atoms with Crippen molar-refractivity contribution in [2.45, 2.75) is 57.6 Å². The number of carbonyl (C=O) groups excluding carboxylic acids is 1. The third-order valence-corrected chi connectivity index (χ3v) is 6.64. The van der Waals surface area contributed by atoms with Crippen molar-refractivity contribution in [2.75, 3.05) is 32.8 Å². The summed E-state index contributed by atoms with van der Waals surface area (Å²) in [5.41, 5.74) is 3.06. The summed E-state index contributed by atoms with van der Waals surface area (Å²) in [5, 5.41) is 0. The Bertz CT molecular complexity index is 711. The molecule has 28 heavy (non-hydrogen) atoms. The van der Waals surface area contributed by atoms with Crippen molar-refractivity contribution in [3.05, 3.63) is 35.4 Å². The van der Waals surface area contributed by atoms with E-state index in [1.54, 1.807) is 6.92 Å². The first-order chi connectivity index (χ1) is 13.7. The van der Waals surface area contributed by atoms with Crippen molar-refractivity contribution in [3.8, 4) is 11.8 Å². The van der Waals surface area contributed by atoms with Crippen LogP contribution in [0.25, 0.3) is 0 Å². The van der Waals surface area contributed by atoms with Gasteiger partial charge in [-0.05, 0) is 81.5 Å². The number of nitrogens with zero attached hydrogens (tertiary/aromatic N) is 2. The van der Waals surface area contributed by atoms with Gasteiger partial charge in [-0.25, -0.2) is 0 Å². The maximum atomic E-state index is 12.5. The second kappa shape index (κ2) is 9.11. The number of piperidine rings is 1. The predicted octanol–water partition coefficient (Wildman–Crippen LogP) is 2.90. The Morgan fingerprint density at radius 1 is 1.14 bits per heavy atom. The van der Waals surface area contributed by atoms with E-state index >= 15 is 0 Å². The van der Waals surface area contributed by atoms with Crippen molar-refractivity contribution < 1.29 is 9.53 Å². The molecule has 2 heterocycles. The van der Waals surface area contributed by atoms with E-state index in [0.717, 1.165) is 39.1 Å². The molecule has 4 rings (SSSR count). The number of amides is 1. The van der Waals surface area contributed by atoms with Crippen LogP contribution >= 0.6 is 0 Å². The fraction of sp³-hybridized carbons (Fsp3) is 0.625. The molecule has 0 aromatic heterocycles. The van der Waals surface area contributed by atoms with Crippen molar-refractivity contribution in [1.82, 2.24) is 9.80 Å². The summed E-state index contributed by atoms with van der Waals surface area (Å²) in [6.45, 7) is 6.38. The van der Waals surface area contributed by atoms with E-state index in [2.05, 4.69) is 41.0 Å². The number of likely N-dealkylation sites (tertiary alicyclic amines) is 1. The topological polar surface area (TPSA) is 32.8 Å². The molecule has 0 radical (unpaired) electrons. The van der Waals surface area contributed by atoms with Crippen molar-refractivity contribution in [3.63, 3.8) is 0 Å². The van der Waals surface area contributed by atoms with Gasteiger partial charge in [0.1, 0.15) is 0 Å². The minimum Gasteiger partial charge on any atom is -0.376 e. The van der Waals surface area contributed by atoms with Gasteiger partial charge in [-0.1, -0.05) is 30.2 Å². The number of benzene rings is 1. The molecule has 0 bridgehead atoms. The quantitative estimate of drug-likeness (QED) is 0.737. The second-order valence-electron chi connectivity index (χ2n) is 8.53. The average molecular weight is 381 g/mol. The molecule has 1 atom stereocenters. The van der Waals surface area contributed by atoms with E-state index in [1.807, 2.05) is 4.90 Å². The first-order valence-electron chi connectivity index (χ1n) is 10.9. The van der Waals surface area contributed by atoms with Crippen molar-refractivity contribution in [2.24, 2.45) is 5.92 Å². The van der Waals surface area contributed by atoms with Gasteiger partial charge in [0.25, 0.3) is 5.91 Å². The first-order valence-corrected chi connectivity index (χ1v) is 10.9. The summed E-state index contributed by atoms with van der Waals surface area (Å²) in [5.74, 6) is 6.05. The van der Waals surface area contributed by atoms with E-state index in [-0.39, 0.29) is 12.0 Å². The van der Waals surface area contributed by atoms with E-state index in [0.29, 0.717) is 18.5 Å². The summed E-state index contributed by atoms with van der Waals surface area (Å²) in [6.07, 6.45) is 7.08. The van der Waals surface area contributed by atoms with Crippen LogP contribution in [-0.2, 0) is 22.4 Å². The summed E-state index contributed by atoms with van der Waals surface area (Å²) in [7, 11) is 0. The maximum Gasteiger partial charge on any atom is 0.298 e. The third kappa shape index (κ3) is 4.59. The molecule has 3 aliphatic rings. The van der Waals surface area contributed by atoms with Gasteiger partial charge in [0.05, 0.1) is 6.10 Å². The largest absolute Gasteiger partial charge is 0.376 e. The van der Waals surface area contributed by atoms with Crippen molar-refractivity contribution in [1.29, 1.82) is 0 Å². The highest BCUT2D eigenvalue weighted by Gasteiger charge is 2.31. The Morgan fingerprint density at radius 3 is 2.46 bits per heavy atom. The van der Waals surface area contributed by atoms with Crippen molar-refractivity contribution >= 4 is 5.91 Å². The number of ether oxygens (including phenoxy) is 1. The Kier molecular flexibility index (Phi) is 6.34. The SMILES string of the molecule is CC#CC(=O)N(CC1CCN(C2Cc3ccccc3C2)CC1)CC1CCCO1. The summed E-state index contributed by atoms with van der Waals surface area (Å²) in [6, 6.07) is 9.55. The molecule has 2 aliphatic heterocycles. The zero-order chi connectivity index (χ0) is 19.3. The fourth-order valence-corrected chi connectivity index (χ4v) is 5.07. The lowest BCUT2D eigenvalue weighted by Crippen LogP contribution is -2.46. The number of hydrogen-bond donors (Lipinski definition) is 0. The van der Waals surface area contributed by atoms with Gasteiger partial charge in [0.15, 0.2) is 0 Å². The highest BCUT2D eigenvalue weighted by molar-refractivity contribution is 5.93. The molecule has 150 valence electrons. The van der Waals surface area contributed by atoms with Gasteiger partial charge in [-0.15, -0.1) is 0 Å². The molecule has 1 aliphatic carbocycles. The Labute approximate surface area is 169 Å². The second-order valence-corrected chi connectivity index (χ2v) is 8.53. The summed E-state index contributed by atoms with van der Waals surface area (Å²) in [4.78, 5) is 17.1. The van der Waals surface area contributed by atoms with Crippen LogP contribution in [0.2, 0.25) is 0 Å². The summed E-state index contributed by atoms with van der Waals surface area (Å²) < 4.78 is 5.77. The van der Waals surface area contributed by atoms with E-state index in [9.17, 15) is 4.79 Å². The van der Waals surface area contributed by atoms with E-state index in [1.165, 1.54) is 36.8 Å². The molecular weight excluding hydrogens is 348 g/mol. The molecule has 0 N–H and O–H groups in total. The van der Waals surface area contributed by atoms with Gasteiger partial charge < -0.3 is 9.64 Å². The molecule has 2 saturated heterocycles. The number of fused-ring (bicyclic) bond motifs is 1. The predicted molar refractivity (Wildman–Crippen MR) is 111 cm³/mol. The van der Waals surface area contributed by atoms with Crippen LogP contribution in [0, 0.1) is 17.8 Å². The average Bonchev–Trinajstić information content (AvgIpc) is 3.37. The van der Waals surface area contributed by atoms with Crippen LogP contribution < -0.4 is 0 Å². The zero-order valence-electron chi connectivity index (χ0n) is 17.0. The molecule has 1 aromatic rings. The van der Waals surface area contributed by atoms with Gasteiger partial charge >= 0.3 is 0 Å². The van der Waals surface area contributed by atoms with Crippen LogP contribution in [0.5, 0.6) is 0 Å². The Hall–Kier alpha value is -1.83. The molecule has 1 amide bonds. The zero-order valence-corrected chi connectivity index (χ0v) is 17.0.